The van der Waals surface area contributed by atoms with Gasteiger partial charge in [0.1, 0.15) is 0 Å². The summed E-state index contributed by atoms with van der Waals surface area (Å²) in [5.41, 5.74) is 4.85. The SMILES string of the molecule is NCc1cc(C(F)(F)F)ccc1NS(=O)(=O)C1CCCC1. The normalized spacial score (nSPS) is 17.1. The van der Waals surface area contributed by atoms with Gasteiger partial charge in [0.15, 0.2) is 0 Å². The van der Waals surface area contributed by atoms with Crippen molar-refractivity contribution in [1.82, 2.24) is 0 Å². The molecule has 1 aliphatic carbocycles. The van der Waals surface area contributed by atoms with E-state index in [2.05, 4.69) is 4.72 Å². The molecule has 118 valence electrons. The highest BCUT2D eigenvalue weighted by molar-refractivity contribution is 7.93. The molecule has 0 radical (unpaired) electrons. The van der Waals surface area contributed by atoms with Crippen molar-refractivity contribution in [2.75, 3.05) is 4.72 Å². The minimum absolute atomic E-state index is 0.123. The standard InChI is InChI=1S/C13H17F3N2O2S/c14-13(15,16)10-5-6-12(9(7-10)8-17)18-21(19,20)11-3-1-2-4-11/h5-7,11,18H,1-4,8,17H2. The highest BCUT2D eigenvalue weighted by Gasteiger charge is 2.32. The van der Waals surface area contributed by atoms with Crippen molar-refractivity contribution in [2.45, 2.75) is 43.7 Å². The van der Waals surface area contributed by atoms with Crippen molar-refractivity contribution in [3.05, 3.63) is 29.3 Å². The number of nitrogens with one attached hydrogen (secondary N) is 1. The summed E-state index contributed by atoms with van der Waals surface area (Å²) in [5.74, 6) is 0. The summed E-state index contributed by atoms with van der Waals surface area (Å²) < 4.78 is 64.7. The lowest BCUT2D eigenvalue weighted by atomic mass is 10.1. The third-order valence-electron chi connectivity index (χ3n) is 3.65. The van der Waals surface area contributed by atoms with Crippen molar-refractivity contribution in [3.8, 4) is 0 Å². The maximum Gasteiger partial charge on any atom is 0.416 e. The molecule has 0 aromatic heterocycles. The quantitative estimate of drug-likeness (QED) is 0.895. The first-order valence-electron chi connectivity index (χ1n) is 6.66. The van der Waals surface area contributed by atoms with Crippen LogP contribution in [0, 0.1) is 0 Å². The average Bonchev–Trinajstić information content (AvgIpc) is 2.92. The van der Waals surface area contributed by atoms with E-state index in [0.717, 1.165) is 31.0 Å². The molecule has 1 fully saturated rings. The Morgan fingerprint density at radius 2 is 1.86 bits per heavy atom. The molecular formula is C13H17F3N2O2S. The Labute approximate surface area is 121 Å². The van der Waals surface area contributed by atoms with Gasteiger partial charge in [0, 0.05) is 6.54 Å². The Morgan fingerprint density at radius 1 is 1.24 bits per heavy atom. The first kappa shape index (κ1) is 16.1. The molecule has 3 N–H and O–H groups in total. The maximum absolute atomic E-state index is 12.6. The molecule has 0 amide bonds. The highest BCUT2D eigenvalue weighted by Crippen LogP contribution is 2.33. The van der Waals surface area contributed by atoms with Gasteiger partial charge in [-0.3, -0.25) is 4.72 Å². The molecule has 4 nitrogen and oxygen atoms in total. The monoisotopic (exact) mass is 322 g/mol. The second-order valence-corrected chi connectivity index (χ2v) is 7.09. The van der Waals surface area contributed by atoms with Gasteiger partial charge in [-0.05, 0) is 36.6 Å². The average molecular weight is 322 g/mol. The lowest BCUT2D eigenvalue weighted by molar-refractivity contribution is -0.137. The van der Waals surface area contributed by atoms with Crippen LogP contribution in [0.3, 0.4) is 0 Å². The van der Waals surface area contributed by atoms with Gasteiger partial charge in [-0.1, -0.05) is 12.8 Å². The number of benzene rings is 1. The van der Waals surface area contributed by atoms with E-state index < -0.39 is 27.0 Å². The lowest BCUT2D eigenvalue weighted by Crippen LogP contribution is -2.26. The molecule has 2 rings (SSSR count). The molecule has 21 heavy (non-hydrogen) atoms. The van der Waals surface area contributed by atoms with Crippen LogP contribution in [0.1, 0.15) is 36.8 Å². The van der Waals surface area contributed by atoms with Crippen molar-refractivity contribution in [2.24, 2.45) is 5.73 Å². The highest BCUT2D eigenvalue weighted by atomic mass is 32.2. The molecule has 0 spiro atoms. The summed E-state index contributed by atoms with van der Waals surface area (Å²) in [7, 11) is -3.58. The zero-order valence-electron chi connectivity index (χ0n) is 11.3. The van der Waals surface area contributed by atoms with Crippen LogP contribution in [0.25, 0.3) is 0 Å². The summed E-state index contributed by atoms with van der Waals surface area (Å²) >= 11 is 0. The number of nitrogens with two attached hydrogens (primary N) is 1. The molecule has 1 aromatic rings. The second kappa shape index (κ2) is 5.84. The van der Waals surface area contributed by atoms with E-state index in [4.69, 9.17) is 5.73 Å². The fourth-order valence-corrected chi connectivity index (χ4v) is 4.10. The summed E-state index contributed by atoms with van der Waals surface area (Å²) in [6, 6.07) is 2.86. The van der Waals surface area contributed by atoms with Crippen LogP contribution in [0.2, 0.25) is 0 Å². The van der Waals surface area contributed by atoms with E-state index in [1.165, 1.54) is 0 Å². The van der Waals surface area contributed by atoms with Gasteiger partial charge in [-0.25, -0.2) is 8.42 Å². The molecule has 1 aliphatic rings. The number of halogens is 3. The molecule has 0 atom stereocenters. The Morgan fingerprint density at radius 3 is 2.38 bits per heavy atom. The van der Waals surface area contributed by atoms with Gasteiger partial charge in [0.25, 0.3) is 0 Å². The molecule has 0 aliphatic heterocycles. The van der Waals surface area contributed by atoms with Gasteiger partial charge in [-0.15, -0.1) is 0 Å². The number of rotatable bonds is 4. The third kappa shape index (κ3) is 3.68. The van der Waals surface area contributed by atoms with Crippen molar-refractivity contribution in [3.63, 3.8) is 0 Å². The zero-order chi connectivity index (χ0) is 15.7. The Bertz CT molecular complexity index is 608. The lowest BCUT2D eigenvalue weighted by Gasteiger charge is -2.17. The Kier molecular flexibility index (Phi) is 4.48. The fraction of sp³-hybridized carbons (Fsp3) is 0.538. The van der Waals surface area contributed by atoms with E-state index in [1.54, 1.807) is 0 Å². The molecular weight excluding hydrogens is 305 g/mol. The first-order chi connectivity index (χ1) is 9.74. The van der Waals surface area contributed by atoms with E-state index in [9.17, 15) is 21.6 Å². The van der Waals surface area contributed by atoms with E-state index in [-0.39, 0.29) is 17.8 Å². The topological polar surface area (TPSA) is 72.2 Å². The third-order valence-corrected chi connectivity index (χ3v) is 5.50. The second-order valence-electron chi connectivity index (χ2n) is 5.13. The number of anilines is 1. The smallest absolute Gasteiger partial charge is 0.326 e. The molecule has 1 saturated carbocycles. The minimum atomic E-state index is -4.48. The largest absolute Gasteiger partial charge is 0.416 e. The van der Waals surface area contributed by atoms with Gasteiger partial charge >= 0.3 is 6.18 Å². The van der Waals surface area contributed by atoms with Gasteiger partial charge < -0.3 is 5.73 Å². The van der Waals surface area contributed by atoms with Crippen LogP contribution < -0.4 is 10.5 Å². The number of hydrogen-bond acceptors (Lipinski definition) is 3. The van der Waals surface area contributed by atoms with Crippen LogP contribution in [-0.4, -0.2) is 13.7 Å². The molecule has 1 aromatic carbocycles. The van der Waals surface area contributed by atoms with Gasteiger partial charge in [0.2, 0.25) is 10.0 Å². The van der Waals surface area contributed by atoms with Crippen LogP contribution in [-0.2, 0) is 22.7 Å². The van der Waals surface area contributed by atoms with E-state index in [0.29, 0.717) is 12.8 Å². The summed E-state index contributed by atoms with van der Waals surface area (Å²) in [5, 5.41) is -0.481. The molecule has 0 heterocycles. The Hall–Kier alpha value is -1.28. The molecule has 0 bridgehead atoms. The van der Waals surface area contributed by atoms with Gasteiger partial charge in [0.05, 0.1) is 16.5 Å². The predicted molar refractivity (Wildman–Crippen MR) is 74.1 cm³/mol. The number of hydrogen-bond donors (Lipinski definition) is 2. The van der Waals surface area contributed by atoms with Gasteiger partial charge in [-0.2, -0.15) is 13.2 Å². The van der Waals surface area contributed by atoms with Crippen molar-refractivity contribution < 1.29 is 21.6 Å². The van der Waals surface area contributed by atoms with Crippen LogP contribution in [0.5, 0.6) is 0 Å². The first-order valence-corrected chi connectivity index (χ1v) is 8.20. The van der Waals surface area contributed by atoms with Crippen LogP contribution in [0.15, 0.2) is 18.2 Å². The van der Waals surface area contributed by atoms with Crippen molar-refractivity contribution in [1.29, 1.82) is 0 Å². The van der Waals surface area contributed by atoms with E-state index in [1.807, 2.05) is 0 Å². The summed E-state index contributed by atoms with van der Waals surface area (Å²) in [6.07, 6.45) is -1.63. The molecule has 0 unspecified atom stereocenters. The molecule has 8 heteroatoms. The summed E-state index contributed by atoms with van der Waals surface area (Å²) in [6.45, 7) is -0.174. The predicted octanol–water partition coefficient (Wildman–Crippen LogP) is 2.85. The van der Waals surface area contributed by atoms with Crippen LogP contribution in [0.4, 0.5) is 18.9 Å². The summed E-state index contributed by atoms with van der Waals surface area (Å²) in [4.78, 5) is 0. The Balaban J connectivity index is 2.28. The van der Waals surface area contributed by atoms with Crippen LogP contribution >= 0.6 is 0 Å². The number of alkyl halides is 3. The zero-order valence-corrected chi connectivity index (χ0v) is 12.1. The van der Waals surface area contributed by atoms with Crippen molar-refractivity contribution >= 4 is 15.7 Å². The fourth-order valence-electron chi connectivity index (χ4n) is 2.47. The van der Waals surface area contributed by atoms with E-state index >= 15 is 0 Å². The molecule has 0 saturated heterocycles. The number of sulfonamides is 1. The maximum atomic E-state index is 12.6. The minimum Gasteiger partial charge on any atom is -0.326 e.